The summed E-state index contributed by atoms with van der Waals surface area (Å²) in [6, 6.07) is 0. The summed E-state index contributed by atoms with van der Waals surface area (Å²) in [4.78, 5) is 0. The van der Waals surface area contributed by atoms with Gasteiger partial charge in [-0.15, -0.1) is 0 Å². The normalized spacial score (nSPS) is 29.2. The van der Waals surface area contributed by atoms with Crippen molar-refractivity contribution >= 4 is 10.7 Å². The number of hydrogen-bond donors (Lipinski definition) is 1. The van der Waals surface area contributed by atoms with Gasteiger partial charge in [-0.25, -0.2) is 10.7 Å². The quantitative estimate of drug-likeness (QED) is 0.441. The molecule has 0 spiro atoms. The Bertz CT molecular complexity index is 53.9. The van der Waals surface area contributed by atoms with Crippen LogP contribution in [0.5, 0.6) is 0 Å². The van der Waals surface area contributed by atoms with E-state index in [1.54, 1.807) is 0 Å². The van der Waals surface area contributed by atoms with Gasteiger partial charge in [0.2, 0.25) is 0 Å². The Balaban J connectivity index is 2.32. The van der Waals surface area contributed by atoms with E-state index in [0.29, 0.717) is 0 Å². The fraction of sp³-hybridized carbons (Fsp3) is 1.00. The minimum atomic E-state index is -0.443. The largest absolute Gasteiger partial charge is 0.303 e. The highest BCUT2D eigenvalue weighted by Crippen LogP contribution is 2.01. The average molecular weight is 91.2 g/mol. The molecule has 0 amide bonds. The second-order valence-electron chi connectivity index (χ2n) is 1.46. The molecule has 1 aliphatic heterocycles. The van der Waals surface area contributed by atoms with Gasteiger partial charge in [0.1, 0.15) is 0 Å². The lowest BCUT2D eigenvalue weighted by Gasteiger charge is -2.15. The molecule has 0 saturated carbocycles. The van der Waals surface area contributed by atoms with E-state index in [1.807, 2.05) is 0 Å². The highest BCUT2D eigenvalue weighted by atomic mass is 32.2. The molecule has 1 N–H and O–H groups in total. The van der Waals surface area contributed by atoms with Crippen LogP contribution < -0.4 is 0 Å². The van der Waals surface area contributed by atoms with Crippen molar-refractivity contribution in [3.8, 4) is 0 Å². The first-order valence-electron chi connectivity index (χ1n) is 1.96. The van der Waals surface area contributed by atoms with Crippen molar-refractivity contribution in [1.29, 1.82) is 4.78 Å². The third kappa shape index (κ3) is 0.507. The van der Waals surface area contributed by atoms with Gasteiger partial charge in [-0.3, -0.25) is 0 Å². The lowest BCUT2D eigenvalue weighted by Crippen LogP contribution is -2.13. The topological polar surface area (TPSA) is 23.9 Å². The standard InChI is InChI=1S/C3H9NS/c4-5-2-1-3-5/h4H,1-3,5H2. The van der Waals surface area contributed by atoms with Crippen LogP contribution in [-0.4, -0.2) is 11.5 Å². The minimum absolute atomic E-state index is 0.443. The SMILES string of the molecule is N=[SH2]1CCC1. The van der Waals surface area contributed by atoms with E-state index in [1.165, 1.54) is 17.9 Å². The molecule has 0 radical (unpaired) electrons. The summed E-state index contributed by atoms with van der Waals surface area (Å²) in [7, 11) is -0.443. The molecule has 0 aromatic rings. The van der Waals surface area contributed by atoms with Crippen molar-refractivity contribution in [3.05, 3.63) is 0 Å². The first kappa shape index (κ1) is 3.34. The van der Waals surface area contributed by atoms with Crippen LogP contribution in [0.4, 0.5) is 0 Å². The Labute approximate surface area is 34.3 Å². The fourth-order valence-electron chi connectivity index (χ4n) is 0.354. The first-order valence-corrected chi connectivity index (χ1v) is 3.87. The Morgan fingerprint density at radius 1 is 1.40 bits per heavy atom. The van der Waals surface area contributed by atoms with Crippen molar-refractivity contribution < 1.29 is 0 Å². The van der Waals surface area contributed by atoms with Crippen LogP contribution in [0.1, 0.15) is 6.42 Å². The van der Waals surface area contributed by atoms with Crippen LogP contribution in [-0.2, 0) is 10.7 Å². The third-order valence-electron chi connectivity index (χ3n) is 0.957. The Morgan fingerprint density at radius 3 is 1.80 bits per heavy atom. The molecule has 5 heavy (non-hydrogen) atoms. The molecule has 0 aromatic carbocycles. The molecule has 2 heteroatoms. The molecule has 1 nitrogen and oxygen atoms in total. The van der Waals surface area contributed by atoms with E-state index >= 15 is 0 Å². The van der Waals surface area contributed by atoms with Crippen molar-refractivity contribution in [1.82, 2.24) is 0 Å². The van der Waals surface area contributed by atoms with Crippen LogP contribution in [0.15, 0.2) is 0 Å². The fourth-order valence-corrected chi connectivity index (χ4v) is 1.06. The van der Waals surface area contributed by atoms with Crippen LogP contribution in [0.3, 0.4) is 0 Å². The van der Waals surface area contributed by atoms with Crippen LogP contribution >= 0.6 is 0 Å². The van der Waals surface area contributed by atoms with E-state index in [0.717, 1.165) is 0 Å². The van der Waals surface area contributed by atoms with Gasteiger partial charge in [0.15, 0.2) is 0 Å². The molecule has 32 valence electrons. The first-order chi connectivity index (χ1) is 2.39. The summed E-state index contributed by atoms with van der Waals surface area (Å²) in [5.41, 5.74) is 0. The van der Waals surface area contributed by atoms with Gasteiger partial charge in [0.25, 0.3) is 0 Å². The van der Waals surface area contributed by atoms with E-state index in [4.69, 9.17) is 4.78 Å². The van der Waals surface area contributed by atoms with Crippen molar-refractivity contribution in [2.75, 3.05) is 11.5 Å². The highest BCUT2D eigenvalue weighted by molar-refractivity contribution is 7.87. The zero-order chi connectivity index (χ0) is 3.70. The summed E-state index contributed by atoms with van der Waals surface area (Å²) >= 11 is 0. The van der Waals surface area contributed by atoms with Crippen molar-refractivity contribution in [2.45, 2.75) is 6.42 Å². The zero-order valence-electron chi connectivity index (χ0n) is 3.12. The van der Waals surface area contributed by atoms with Crippen molar-refractivity contribution in [3.63, 3.8) is 0 Å². The molecule has 0 unspecified atom stereocenters. The molecule has 0 aliphatic carbocycles. The summed E-state index contributed by atoms with van der Waals surface area (Å²) in [6.07, 6.45) is 1.35. The summed E-state index contributed by atoms with van der Waals surface area (Å²) < 4.78 is 7.02. The number of nitrogens with one attached hydrogen (secondary N) is 1. The van der Waals surface area contributed by atoms with E-state index in [2.05, 4.69) is 0 Å². The molecule has 1 aliphatic rings. The van der Waals surface area contributed by atoms with Crippen LogP contribution in [0, 0.1) is 4.78 Å². The predicted molar refractivity (Wildman–Crippen MR) is 27.2 cm³/mol. The summed E-state index contributed by atoms with van der Waals surface area (Å²) in [6.45, 7) is 0. The Kier molecular flexibility index (Phi) is 0.728. The van der Waals surface area contributed by atoms with Gasteiger partial charge in [-0.05, 0) is 17.9 Å². The molecule has 0 atom stereocenters. The minimum Gasteiger partial charge on any atom is -0.303 e. The number of rotatable bonds is 0. The smallest absolute Gasteiger partial charge is 0.0168 e. The maximum atomic E-state index is 7.02. The van der Waals surface area contributed by atoms with E-state index in [-0.39, 0.29) is 0 Å². The second kappa shape index (κ2) is 1.09. The molecule has 1 rings (SSSR count). The van der Waals surface area contributed by atoms with Gasteiger partial charge in [-0.2, -0.15) is 0 Å². The molecular formula is C3H9NS. The molecule has 1 fully saturated rings. The van der Waals surface area contributed by atoms with Gasteiger partial charge in [-0.1, -0.05) is 0 Å². The molecule has 0 bridgehead atoms. The lowest BCUT2D eigenvalue weighted by molar-refractivity contribution is 1.04. The van der Waals surface area contributed by atoms with Gasteiger partial charge >= 0.3 is 0 Å². The molecule has 0 aromatic heterocycles. The maximum absolute atomic E-state index is 7.02. The molecular weight excluding hydrogens is 82.1 g/mol. The zero-order valence-corrected chi connectivity index (χ0v) is 4.12. The average Bonchev–Trinajstić information content (AvgIpc) is 1.30. The highest BCUT2D eigenvalue weighted by Gasteiger charge is 1.99. The van der Waals surface area contributed by atoms with E-state index in [9.17, 15) is 0 Å². The van der Waals surface area contributed by atoms with Gasteiger partial charge < -0.3 is 4.78 Å². The Morgan fingerprint density at radius 2 is 1.80 bits per heavy atom. The van der Waals surface area contributed by atoms with Crippen LogP contribution in [0.2, 0.25) is 0 Å². The van der Waals surface area contributed by atoms with E-state index < -0.39 is 10.7 Å². The summed E-state index contributed by atoms with van der Waals surface area (Å²) in [5, 5.41) is 0. The lowest BCUT2D eigenvalue weighted by atomic mass is 10.5. The summed E-state index contributed by atoms with van der Waals surface area (Å²) in [5.74, 6) is 2.51. The molecule has 1 heterocycles. The number of hydrogen-bond acceptors (Lipinski definition) is 1. The third-order valence-corrected chi connectivity index (χ3v) is 2.87. The Hall–Kier alpha value is 0.150. The predicted octanol–water partition coefficient (Wildman–Crippen LogP) is 0.235. The maximum Gasteiger partial charge on any atom is -0.0168 e. The van der Waals surface area contributed by atoms with Crippen LogP contribution in [0.25, 0.3) is 0 Å². The van der Waals surface area contributed by atoms with Gasteiger partial charge in [0.05, 0.1) is 0 Å². The molecule has 1 saturated heterocycles. The van der Waals surface area contributed by atoms with Crippen molar-refractivity contribution in [2.24, 2.45) is 0 Å². The monoisotopic (exact) mass is 91.0 g/mol. The second-order valence-corrected chi connectivity index (χ2v) is 3.66. The van der Waals surface area contributed by atoms with Gasteiger partial charge in [0, 0.05) is 0 Å².